The van der Waals surface area contributed by atoms with E-state index in [0.717, 1.165) is 0 Å². The largest absolute Gasteiger partial charge is 0.444 e. The van der Waals surface area contributed by atoms with E-state index in [-0.39, 0.29) is 10.8 Å². The smallest absolute Gasteiger partial charge is 0.408 e. The van der Waals surface area contributed by atoms with Crippen LogP contribution in [-0.4, -0.2) is 28.7 Å². The van der Waals surface area contributed by atoms with Gasteiger partial charge in [0, 0.05) is 11.8 Å². The molecule has 2 atom stereocenters. The molecule has 0 aromatic rings. The third kappa shape index (κ3) is 7.09. The topological polar surface area (TPSA) is 81.5 Å². The van der Waals surface area contributed by atoms with E-state index >= 15 is 0 Å². The van der Waals surface area contributed by atoms with Crippen molar-refractivity contribution in [2.75, 3.05) is 0 Å². The zero-order chi connectivity index (χ0) is 14.5. The van der Waals surface area contributed by atoms with E-state index in [2.05, 4.69) is 5.32 Å². The molecular weight excluding hydrogens is 236 g/mol. The second kappa shape index (κ2) is 6.56. The highest BCUT2D eigenvalue weighted by Gasteiger charge is 2.30. The summed E-state index contributed by atoms with van der Waals surface area (Å²) < 4.78 is 5.11. The lowest BCUT2D eigenvalue weighted by atomic mass is 9.99. The lowest BCUT2D eigenvalue weighted by Gasteiger charge is -2.25. The van der Waals surface area contributed by atoms with Crippen LogP contribution in [0, 0.1) is 16.0 Å². The fourth-order valence-corrected chi connectivity index (χ4v) is 1.49. The van der Waals surface area contributed by atoms with Crippen LogP contribution in [0.15, 0.2) is 0 Å². The van der Waals surface area contributed by atoms with Gasteiger partial charge >= 0.3 is 6.09 Å². The Labute approximate surface area is 108 Å². The van der Waals surface area contributed by atoms with Crippen LogP contribution < -0.4 is 5.32 Å². The fraction of sp³-hybridized carbons (Fsp3) is 0.917. The summed E-state index contributed by atoms with van der Waals surface area (Å²) in [6.45, 7) is 10.7. The molecule has 0 aromatic heterocycles. The number of carbonyl (C=O) groups excluding carboxylic acids is 1. The van der Waals surface area contributed by atoms with E-state index < -0.39 is 23.8 Å². The second-order valence-corrected chi connectivity index (χ2v) is 5.91. The number of nitrogens with zero attached hydrogens (tertiary/aromatic N) is 1. The Morgan fingerprint density at radius 1 is 1.33 bits per heavy atom. The average Bonchev–Trinajstić information content (AvgIpc) is 2.11. The van der Waals surface area contributed by atoms with Crippen molar-refractivity contribution >= 4 is 6.09 Å². The number of alkyl carbamates (subject to hydrolysis) is 1. The molecule has 1 amide bonds. The second-order valence-electron chi connectivity index (χ2n) is 5.91. The highest BCUT2D eigenvalue weighted by molar-refractivity contribution is 5.68. The van der Waals surface area contributed by atoms with Gasteiger partial charge in [0.05, 0.1) is 6.04 Å². The minimum absolute atomic E-state index is 0.257. The van der Waals surface area contributed by atoms with Crippen LogP contribution in [0.3, 0.4) is 0 Å². The summed E-state index contributed by atoms with van der Waals surface area (Å²) in [6, 6.07) is -1.35. The first-order chi connectivity index (χ1) is 8.03. The predicted octanol–water partition coefficient (Wildman–Crippen LogP) is 2.59. The number of nitro groups is 1. The summed E-state index contributed by atoms with van der Waals surface area (Å²) in [6.07, 6.45) is -0.0664. The molecule has 1 N–H and O–H groups in total. The van der Waals surface area contributed by atoms with Gasteiger partial charge in [-0.1, -0.05) is 13.8 Å². The molecule has 0 unspecified atom stereocenters. The van der Waals surface area contributed by atoms with E-state index in [4.69, 9.17) is 4.74 Å². The van der Waals surface area contributed by atoms with Gasteiger partial charge in [0.25, 0.3) is 0 Å². The van der Waals surface area contributed by atoms with Gasteiger partial charge in [0.15, 0.2) is 0 Å². The standard InChI is InChI=1S/C12H24N2O4/c1-8(2)7-10(9(3)14(16)17)13-11(15)18-12(4,5)6/h8-10H,7H2,1-6H3,(H,13,15)/t9-,10-/m1/s1. The minimum atomic E-state index is -0.833. The molecule has 0 aromatic carbocycles. The molecular formula is C12H24N2O4. The Bertz CT molecular complexity index is 297. The van der Waals surface area contributed by atoms with Gasteiger partial charge in [-0.05, 0) is 33.1 Å². The Morgan fingerprint density at radius 3 is 2.17 bits per heavy atom. The van der Waals surface area contributed by atoms with Gasteiger partial charge in [-0.2, -0.15) is 0 Å². The van der Waals surface area contributed by atoms with Crippen molar-refractivity contribution in [3.63, 3.8) is 0 Å². The number of hydrogen-bond donors (Lipinski definition) is 1. The van der Waals surface area contributed by atoms with Crippen LogP contribution in [-0.2, 0) is 4.74 Å². The third-order valence-electron chi connectivity index (χ3n) is 2.34. The molecule has 0 fully saturated rings. The first-order valence-corrected chi connectivity index (χ1v) is 6.16. The SMILES string of the molecule is CC(C)C[C@@H](NC(=O)OC(C)(C)C)[C@@H](C)[N+](=O)[O-]. The molecule has 0 spiro atoms. The van der Waals surface area contributed by atoms with Gasteiger partial charge in [0.1, 0.15) is 5.60 Å². The molecule has 0 bridgehead atoms. The van der Waals surface area contributed by atoms with E-state index in [1.807, 2.05) is 13.8 Å². The zero-order valence-corrected chi connectivity index (χ0v) is 12.0. The van der Waals surface area contributed by atoms with Gasteiger partial charge in [-0.25, -0.2) is 4.79 Å². The molecule has 0 heterocycles. The number of amides is 1. The van der Waals surface area contributed by atoms with Crippen LogP contribution in [0.4, 0.5) is 4.79 Å². The lowest BCUT2D eigenvalue weighted by molar-refractivity contribution is -0.522. The number of nitrogens with one attached hydrogen (secondary N) is 1. The summed E-state index contributed by atoms with van der Waals surface area (Å²) in [5.41, 5.74) is -0.607. The van der Waals surface area contributed by atoms with Crippen molar-refractivity contribution in [2.24, 2.45) is 5.92 Å². The molecule has 6 heteroatoms. The first-order valence-electron chi connectivity index (χ1n) is 6.16. The van der Waals surface area contributed by atoms with Crippen LogP contribution in [0.25, 0.3) is 0 Å². The molecule has 18 heavy (non-hydrogen) atoms. The third-order valence-corrected chi connectivity index (χ3v) is 2.34. The maximum atomic E-state index is 11.6. The highest BCUT2D eigenvalue weighted by Crippen LogP contribution is 2.12. The number of ether oxygens (including phenoxy) is 1. The van der Waals surface area contributed by atoms with Gasteiger partial charge < -0.3 is 10.1 Å². The van der Waals surface area contributed by atoms with E-state index in [0.29, 0.717) is 6.42 Å². The maximum Gasteiger partial charge on any atom is 0.408 e. The maximum absolute atomic E-state index is 11.6. The molecule has 0 radical (unpaired) electrons. The molecule has 0 rings (SSSR count). The van der Waals surface area contributed by atoms with Gasteiger partial charge in [-0.15, -0.1) is 0 Å². The number of carbonyl (C=O) groups is 1. The molecule has 0 saturated carbocycles. The van der Waals surface area contributed by atoms with E-state index in [1.54, 1.807) is 20.8 Å². The van der Waals surface area contributed by atoms with Crippen molar-refractivity contribution < 1.29 is 14.5 Å². The van der Waals surface area contributed by atoms with Crippen LogP contribution in [0.1, 0.15) is 48.0 Å². The van der Waals surface area contributed by atoms with Crippen LogP contribution in [0.5, 0.6) is 0 Å². The van der Waals surface area contributed by atoms with Crippen LogP contribution >= 0.6 is 0 Å². The normalized spacial score (nSPS) is 15.1. The molecule has 0 aliphatic carbocycles. The summed E-state index contributed by atoms with van der Waals surface area (Å²) in [5, 5.41) is 13.4. The summed E-state index contributed by atoms with van der Waals surface area (Å²) in [4.78, 5) is 22.0. The van der Waals surface area contributed by atoms with Gasteiger partial charge in [0.2, 0.25) is 6.04 Å². The molecule has 6 nitrogen and oxygen atoms in total. The Hall–Kier alpha value is -1.33. The van der Waals surface area contributed by atoms with Crippen molar-refractivity contribution in [3.8, 4) is 0 Å². The Balaban J connectivity index is 4.59. The Morgan fingerprint density at radius 2 is 1.83 bits per heavy atom. The summed E-state index contributed by atoms with van der Waals surface area (Å²) in [5.74, 6) is 0.257. The minimum Gasteiger partial charge on any atom is -0.444 e. The molecule has 0 aliphatic rings. The summed E-state index contributed by atoms with van der Waals surface area (Å²) in [7, 11) is 0. The summed E-state index contributed by atoms with van der Waals surface area (Å²) >= 11 is 0. The van der Waals surface area contributed by atoms with E-state index in [9.17, 15) is 14.9 Å². The quantitative estimate of drug-likeness (QED) is 0.608. The fourth-order valence-electron chi connectivity index (χ4n) is 1.49. The molecule has 0 aliphatic heterocycles. The number of hydrogen-bond acceptors (Lipinski definition) is 4. The van der Waals surface area contributed by atoms with Crippen LogP contribution in [0.2, 0.25) is 0 Å². The van der Waals surface area contributed by atoms with Crippen molar-refractivity contribution in [1.82, 2.24) is 5.32 Å². The van der Waals surface area contributed by atoms with Crippen molar-refractivity contribution in [1.29, 1.82) is 0 Å². The van der Waals surface area contributed by atoms with Crippen molar-refractivity contribution in [3.05, 3.63) is 10.1 Å². The van der Waals surface area contributed by atoms with Gasteiger partial charge in [-0.3, -0.25) is 10.1 Å². The van der Waals surface area contributed by atoms with E-state index in [1.165, 1.54) is 6.92 Å². The Kier molecular flexibility index (Phi) is 6.08. The zero-order valence-electron chi connectivity index (χ0n) is 12.0. The number of rotatable bonds is 5. The first kappa shape index (κ1) is 16.7. The molecule has 106 valence electrons. The molecule has 0 saturated heterocycles. The predicted molar refractivity (Wildman–Crippen MR) is 69.1 cm³/mol. The van der Waals surface area contributed by atoms with Crippen molar-refractivity contribution in [2.45, 2.75) is 65.6 Å². The lowest BCUT2D eigenvalue weighted by Crippen LogP contribution is -2.47. The highest BCUT2D eigenvalue weighted by atomic mass is 16.6. The monoisotopic (exact) mass is 260 g/mol. The average molecular weight is 260 g/mol.